The van der Waals surface area contributed by atoms with Gasteiger partial charge in [-0.15, -0.1) is 0 Å². The maximum Gasteiger partial charge on any atom is 0.308 e. The molecule has 1 saturated carbocycles. The first-order chi connectivity index (χ1) is 4.84. The molecular formula is C7H12O3. The summed E-state index contributed by atoms with van der Waals surface area (Å²) >= 11 is 0. The predicted octanol–water partition coefficient (Wildman–Crippen LogP) is 0.322. The van der Waals surface area contributed by atoms with Gasteiger partial charge in [0.2, 0.25) is 0 Å². The van der Waals surface area contributed by atoms with Crippen molar-refractivity contribution in [3.63, 3.8) is 0 Å². The van der Waals surface area contributed by atoms with Crippen LogP contribution in [-0.2, 0) is 9.53 Å². The van der Waals surface area contributed by atoms with Crippen molar-refractivity contribution in [3.8, 4) is 0 Å². The first kappa shape index (κ1) is 7.54. The molecule has 0 aromatic heterocycles. The lowest BCUT2D eigenvalue weighted by molar-refractivity contribution is -0.145. The van der Waals surface area contributed by atoms with Gasteiger partial charge in [0, 0.05) is 13.0 Å². The van der Waals surface area contributed by atoms with Crippen LogP contribution in [0.15, 0.2) is 0 Å². The molecule has 1 aliphatic rings. The molecule has 1 fully saturated rings. The first-order valence-corrected chi connectivity index (χ1v) is 3.62. The fourth-order valence-electron chi connectivity index (χ4n) is 0.674. The molecule has 0 unspecified atom stereocenters. The first-order valence-electron chi connectivity index (χ1n) is 3.62. The van der Waals surface area contributed by atoms with Crippen molar-refractivity contribution in [3.05, 3.63) is 0 Å². The molecule has 0 saturated heterocycles. The number of carbonyl (C=O) groups excluding carboxylic acids is 1. The fourth-order valence-corrected chi connectivity index (χ4v) is 0.674. The Morgan fingerprint density at radius 1 is 1.60 bits per heavy atom. The number of ether oxygens (including phenoxy) is 1. The van der Waals surface area contributed by atoms with Crippen molar-refractivity contribution < 1.29 is 14.6 Å². The summed E-state index contributed by atoms with van der Waals surface area (Å²) in [6, 6.07) is 0. The molecule has 0 atom stereocenters. The predicted molar refractivity (Wildman–Crippen MR) is 35.4 cm³/mol. The fraction of sp³-hybridized carbons (Fsp3) is 0.857. The summed E-state index contributed by atoms with van der Waals surface area (Å²) in [5.41, 5.74) is 0. The number of hydrogen-bond acceptors (Lipinski definition) is 3. The SMILES string of the molecule is O=C(OCCCO)C1CC1. The third-order valence-corrected chi connectivity index (χ3v) is 1.46. The Balaban J connectivity index is 1.95. The van der Waals surface area contributed by atoms with Gasteiger partial charge >= 0.3 is 5.97 Å². The highest BCUT2D eigenvalue weighted by Crippen LogP contribution is 2.29. The number of rotatable bonds is 4. The van der Waals surface area contributed by atoms with E-state index in [-0.39, 0.29) is 18.5 Å². The monoisotopic (exact) mass is 144 g/mol. The van der Waals surface area contributed by atoms with Gasteiger partial charge in [-0.2, -0.15) is 0 Å². The van der Waals surface area contributed by atoms with Crippen LogP contribution in [0.2, 0.25) is 0 Å². The van der Waals surface area contributed by atoms with Crippen LogP contribution in [-0.4, -0.2) is 24.3 Å². The van der Waals surface area contributed by atoms with Crippen LogP contribution in [0.1, 0.15) is 19.3 Å². The minimum absolute atomic E-state index is 0.0894. The smallest absolute Gasteiger partial charge is 0.308 e. The van der Waals surface area contributed by atoms with Crippen molar-refractivity contribution in [2.75, 3.05) is 13.2 Å². The maximum absolute atomic E-state index is 10.8. The molecule has 3 nitrogen and oxygen atoms in total. The molecule has 0 aliphatic heterocycles. The molecule has 0 bridgehead atoms. The van der Waals surface area contributed by atoms with Crippen LogP contribution in [0.4, 0.5) is 0 Å². The lowest BCUT2D eigenvalue weighted by atomic mass is 10.4. The van der Waals surface area contributed by atoms with E-state index in [0.717, 1.165) is 12.8 Å². The minimum atomic E-state index is -0.0894. The van der Waals surface area contributed by atoms with Crippen molar-refractivity contribution >= 4 is 5.97 Å². The summed E-state index contributed by atoms with van der Waals surface area (Å²) in [4.78, 5) is 10.8. The Morgan fingerprint density at radius 3 is 2.80 bits per heavy atom. The zero-order valence-electron chi connectivity index (χ0n) is 5.88. The lowest BCUT2D eigenvalue weighted by Gasteiger charge is -2.00. The number of aliphatic hydroxyl groups is 1. The molecule has 0 radical (unpaired) electrons. The highest BCUT2D eigenvalue weighted by atomic mass is 16.5. The van der Waals surface area contributed by atoms with E-state index in [1.54, 1.807) is 0 Å². The number of carbonyl (C=O) groups is 1. The van der Waals surface area contributed by atoms with Gasteiger partial charge in [-0.05, 0) is 12.8 Å². The Morgan fingerprint density at radius 2 is 2.30 bits per heavy atom. The van der Waals surface area contributed by atoms with Crippen molar-refractivity contribution in [1.82, 2.24) is 0 Å². The molecule has 58 valence electrons. The van der Waals surface area contributed by atoms with Crippen LogP contribution in [0.5, 0.6) is 0 Å². The van der Waals surface area contributed by atoms with Gasteiger partial charge in [-0.25, -0.2) is 0 Å². The van der Waals surface area contributed by atoms with Crippen molar-refractivity contribution in [1.29, 1.82) is 0 Å². The molecule has 0 spiro atoms. The van der Waals surface area contributed by atoms with E-state index in [4.69, 9.17) is 9.84 Å². The molecule has 10 heavy (non-hydrogen) atoms. The Bertz CT molecular complexity index is 118. The molecule has 0 aromatic carbocycles. The summed E-state index contributed by atoms with van der Waals surface area (Å²) in [5.74, 6) is 0.0899. The lowest BCUT2D eigenvalue weighted by Crippen LogP contribution is -2.08. The third kappa shape index (κ3) is 2.35. The molecule has 0 heterocycles. The third-order valence-electron chi connectivity index (χ3n) is 1.46. The summed E-state index contributed by atoms with van der Waals surface area (Å²) in [6.45, 7) is 0.462. The van der Waals surface area contributed by atoms with Gasteiger partial charge in [0.25, 0.3) is 0 Å². The van der Waals surface area contributed by atoms with Crippen molar-refractivity contribution in [2.24, 2.45) is 5.92 Å². The highest BCUT2D eigenvalue weighted by Gasteiger charge is 2.30. The van der Waals surface area contributed by atoms with Crippen molar-refractivity contribution in [2.45, 2.75) is 19.3 Å². The van der Waals surface area contributed by atoms with E-state index in [2.05, 4.69) is 0 Å². The Labute approximate surface area is 60.0 Å². The summed E-state index contributed by atoms with van der Waals surface area (Å²) in [5, 5.41) is 8.34. The average molecular weight is 144 g/mol. The quantitative estimate of drug-likeness (QED) is 0.456. The second-order valence-corrected chi connectivity index (χ2v) is 2.52. The molecule has 1 N–H and O–H groups in total. The minimum Gasteiger partial charge on any atom is -0.465 e. The van der Waals surface area contributed by atoms with E-state index in [1.807, 2.05) is 0 Å². The van der Waals surface area contributed by atoms with Gasteiger partial charge in [-0.3, -0.25) is 4.79 Å². The van der Waals surface area contributed by atoms with Crippen LogP contribution in [0.25, 0.3) is 0 Å². The zero-order valence-corrected chi connectivity index (χ0v) is 5.88. The van der Waals surface area contributed by atoms with E-state index < -0.39 is 0 Å². The van der Waals surface area contributed by atoms with Crippen LogP contribution < -0.4 is 0 Å². The highest BCUT2D eigenvalue weighted by molar-refractivity contribution is 5.74. The molecule has 3 heteroatoms. The zero-order chi connectivity index (χ0) is 7.40. The van der Waals surface area contributed by atoms with Gasteiger partial charge in [0.1, 0.15) is 0 Å². The Kier molecular flexibility index (Phi) is 2.68. The summed E-state index contributed by atoms with van der Waals surface area (Å²) in [6.07, 6.45) is 2.52. The van der Waals surface area contributed by atoms with E-state index >= 15 is 0 Å². The molecule has 1 aliphatic carbocycles. The Hall–Kier alpha value is -0.570. The number of esters is 1. The maximum atomic E-state index is 10.8. The van der Waals surface area contributed by atoms with Crippen LogP contribution >= 0.6 is 0 Å². The average Bonchev–Trinajstić information content (AvgIpc) is 2.69. The standard InChI is InChI=1S/C7H12O3/c8-4-1-5-10-7(9)6-2-3-6/h6,8H,1-5H2. The van der Waals surface area contributed by atoms with Crippen LogP contribution in [0.3, 0.4) is 0 Å². The number of hydrogen-bond donors (Lipinski definition) is 1. The number of aliphatic hydroxyl groups excluding tert-OH is 1. The second kappa shape index (κ2) is 3.56. The normalized spacial score (nSPS) is 16.9. The largest absolute Gasteiger partial charge is 0.465 e. The van der Waals surface area contributed by atoms with Gasteiger partial charge in [0.05, 0.1) is 12.5 Å². The van der Waals surface area contributed by atoms with Crippen LogP contribution in [0, 0.1) is 5.92 Å². The molecule has 1 rings (SSSR count). The van der Waals surface area contributed by atoms with Gasteiger partial charge in [-0.1, -0.05) is 0 Å². The second-order valence-electron chi connectivity index (χ2n) is 2.52. The summed E-state index contributed by atoms with van der Waals surface area (Å²) < 4.78 is 4.81. The van der Waals surface area contributed by atoms with Gasteiger partial charge < -0.3 is 9.84 Å². The molecule has 0 aromatic rings. The molecular weight excluding hydrogens is 132 g/mol. The molecule has 0 amide bonds. The summed E-state index contributed by atoms with van der Waals surface area (Å²) in [7, 11) is 0. The topological polar surface area (TPSA) is 46.5 Å². The van der Waals surface area contributed by atoms with E-state index in [0.29, 0.717) is 13.0 Å². The van der Waals surface area contributed by atoms with E-state index in [9.17, 15) is 4.79 Å². The van der Waals surface area contributed by atoms with Gasteiger partial charge in [0.15, 0.2) is 0 Å². The van der Waals surface area contributed by atoms with E-state index in [1.165, 1.54) is 0 Å².